The van der Waals surface area contributed by atoms with E-state index in [0.29, 0.717) is 12.0 Å². The van der Waals surface area contributed by atoms with E-state index in [2.05, 4.69) is 10.2 Å². The zero-order chi connectivity index (χ0) is 11.5. The second kappa shape index (κ2) is 5.04. The molecule has 0 aromatic rings. The van der Waals surface area contributed by atoms with Gasteiger partial charge in [-0.15, -0.1) is 0 Å². The van der Waals surface area contributed by atoms with Gasteiger partial charge in [0.15, 0.2) is 0 Å². The maximum Gasteiger partial charge on any atom is 0.319 e. The molecular weight excluding hydrogens is 202 g/mol. The van der Waals surface area contributed by atoms with Crippen molar-refractivity contribution in [2.45, 2.75) is 31.7 Å². The predicted octanol–water partition coefficient (Wildman–Crippen LogP) is 1.13. The van der Waals surface area contributed by atoms with Crippen LogP contribution in [-0.2, 0) is 0 Å². The quantitative estimate of drug-likeness (QED) is 0.726. The van der Waals surface area contributed by atoms with Gasteiger partial charge in [0.25, 0.3) is 0 Å². The smallest absolute Gasteiger partial charge is 0.319 e. The van der Waals surface area contributed by atoms with Crippen LogP contribution in [0.25, 0.3) is 0 Å². The van der Waals surface area contributed by atoms with Crippen LogP contribution in [0.4, 0.5) is 4.79 Å². The van der Waals surface area contributed by atoms with Gasteiger partial charge >= 0.3 is 6.03 Å². The molecule has 2 aliphatic heterocycles. The fourth-order valence-corrected chi connectivity index (χ4v) is 2.98. The van der Waals surface area contributed by atoms with Crippen LogP contribution in [0.1, 0.15) is 25.7 Å². The molecule has 0 bridgehead atoms. The average molecular weight is 225 g/mol. The van der Waals surface area contributed by atoms with Gasteiger partial charge in [-0.05, 0) is 44.7 Å². The lowest BCUT2D eigenvalue weighted by Gasteiger charge is -2.35. The van der Waals surface area contributed by atoms with Crippen LogP contribution in [0.3, 0.4) is 0 Å². The van der Waals surface area contributed by atoms with E-state index < -0.39 is 0 Å². The summed E-state index contributed by atoms with van der Waals surface area (Å²) >= 11 is 0. The number of carbonyl (C=O) groups excluding carboxylic acids is 1. The van der Waals surface area contributed by atoms with E-state index in [4.69, 9.17) is 0 Å². The van der Waals surface area contributed by atoms with Crippen molar-refractivity contribution in [3.05, 3.63) is 0 Å². The Labute approximate surface area is 98.0 Å². The molecule has 2 atom stereocenters. The summed E-state index contributed by atoms with van der Waals surface area (Å²) in [5.74, 6) is 0.667. The molecule has 0 spiro atoms. The Balaban J connectivity index is 1.99. The number of hydrogen-bond donors (Lipinski definition) is 1. The highest BCUT2D eigenvalue weighted by molar-refractivity contribution is 5.74. The second-order valence-corrected chi connectivity index (χ2v) is 5.19. The summed E-state index contributed by atoms with van der Waals surface area (Å²) in [6, 6.07) is 0.663. The standard InChI is InChI=1S/C12H23N3O/c1-14(2)12(16)15-8-4-6-11(15)10-5-3-7-13-9-10/h10-11,13H,3-9H2,1-2H3. The maximum absolute atomic E-state index is 12.0. The summed E-state index contributed by atoms with van der Waals surface area (Å²) in [7, 11) is 3.69. The van der Waals surface area contributed by atoms with E-state index in [0.717, 1.165) is 19.6 Å². The maximum atomic E-state index is 12.0. The SMILES string of the molecule is CN(C)C(=O)N1CCCC1C1CCCNC1. The minimum absolute atomic E-state index is 0.188. The van der Waals surface area contributed by atoms with E-state index >= 15 is 0 Å². The normalized spacial score (nSPS) is 30.5. The monoisotopic (exact) mass is 225 g/mol. The number of nitrogens with zero attached hydrogens (tertiary/aromatic N) is 2. The predicted molar refractivity (Wildman–Crippen MR) is 64.4 cm³/mol. The van der Waals surface area contributed by atoms with Crippen molar-refractivity contribution in [3.8, 4) is 0 Å². The minimum atomic E-state index is 0.188. The molecule has 0 aromatic heterocycles. The van der Waals surface area contributed by atoms with E-state index in [1.165, 1.54) is 25.7 Å². The van der Waals surface area contributed by atoms with Crippen LogP contribution in [0.2, 0.25) is 0 Å². The molecule has 2 saturated heterocycles. The van der Waals surface area contributed by atoms with Gasteiger partial charge in [0.2, 0.25) is 0 Å². The Kier molecular flexibility index (Phi) is 3.69. The van der Waals surface area contributed by atoms with E-state index in [9.17, 15) is 4.79 Å². The highest BCUT2D eigenvalue weighted by Crippen LogP contribution is 2.28. The van der Waals surface area contributed by atoms with E-state index in [1.54, 1.807) is 4.90 Å². The first kappa shape index (κ1) is 11.7. The fraction of sp³-hybridized carbons (Fsp3) is 0.917. The topological polar surface area (TPSA) is 35.6 Å². The van der Waals surface area contributed by atoms with Gasteiger partial charge in [-0.2, -0.15) is 0 Å². The summed E-state index contributed by atoms with van der Waals surface area (Å²) in [6.07, 6.45) is 4.88. The Hall–Kier alpha value is -0.770. The van der Waals surface area contributed by atoms with Gasteiger partial charge in [-0.25, -0.2) is 4.79 Å². The lowest BCUT2D eigenvalue weighted by atomic mass is 9.90. The Morgan fingerprint density at radius 3 is 2.75 bits per heavy atom. The number of nitrogens with one attached hydrogen (secondary N) is 1. The van der Waals surface area contributed by atoms with Gasteiger partial charge in [0.05, 0.1) is 0 Å². The minimum Gasteiger partial charge on any atom is -0.331 e. The molecule has 4 nitrogen and oxygen atoms in total. The van der Waals surface area contributed by atoms with Gasteiger partial charge < -0.3 is 15.1 Å². The Morgan fingerprint density at radius 1 is 1.31 bits per heavy atom. The number of carbonyl (C=O) groups is 1. The van der Waals surface area contributed by atoms with Crippen LogP contribution in [0.5, 0.6) is 0 Å². The summed E-state index contributed by atoms with van der Waals surface area (Å²) in [5, 5.41) is 3.45. The van der Waals surface area contributed by atoms with Gasteiger partial charge in [0.1, 0.15) is 0 Å². The summed E-state index contributed by atoms with van der Waals surface area (Å²) < 4.78 is 0. The molecule has 0 aliphatic carbocycles. The van der Waals surface area contributed by atoms with Crippen molar-refractivity contribution in [1.82, 2.24) is 15.1 Å². The van der Waals surface area contributed by atoms with Gasteiger partial charge in [0, 0.05) is 26.7 Å². The van der Waals surface area contributed by atoms with Crippen molar-refractivity contribution in [2.75, 3.05) is 33.7 Å². The Bertz CT molecular complexity index is 249. The van der Waals surface area contributed by atoms with Crippen molar-refractivity contribution < 1.29 is 4.79 Å². The molecule has 16 heavy (non-hydrogen) atoms. The van der Waals surface area contributed by atoms with Crippen LogP contribution in [0, 0.1) is 5.92 Å². The Morgan fingerprint density at radius 2 is 2.12 bits per heavy atom. The summed E-state index contributed by atoms with van der Waals surface area (Å²) in [6.45, 7) is 3.17. The third-order valence-electron chi connectivity index (χ3n) is 3.81. The average Bonchev–Trinajstić information content (AvgIpc) is 2.77. The molecule has 0 aromatic carbocycles. The molecule has 1 N–H and O–H groups in total. The highest BCUT2D eigenvalue weighted by Gasteiger charge is 2.35. The van der Waals surface area contributed by atoms with Crippen molar-refractivity contribution in [2.24, 2.45) is 5.92 Å². The third-order valence-corrected chi connectivity index (χ3v) is 3.81. The van der Waals surface area contributed by atoms with Crippen molar-refractivity contribution in [1.29, 1.82) is 0 Å². The molecule has 2 rings (SSSR count). The largest absolute Gasteiger partial charge is 0.331 e. The lowest BCUT2D eigenvalue weighted by Crippen LogP contribution is -2.48. The molecule has 92 valence electrons. The first-order valence-electron chi connectivity index (χ1n) is 6.39. The first-order chi connectivity index (χ1) is 7.70. The number of piperidine rings is 1. The fourth-order valence-electron chi connectivity index (χ4n) is 2.98. The molecule has 0 saturated carbocycles. The number of urea groups is 1. The molecule has 2 amide bonds. The highest BCUT2D eigenvalue weighted by atomic mass is 16.2. The van der Waals surface area contributed by atoms with Crippen LogP contribution in [0.15, 0.2) is 0 Å². The molecule has 2 aliphatic rings. The number of likely N-dealkylation sites (tertiary alicyclic amines) is 1. The molecule has 4 heteroatoms. The molecular formula is C12H23N3O. The zero-order valence-corrected chi connectivity index (χ0v) is 10.4. The number of rotatable bonds is 1. The van der Waals surface area contributed by atoms with Crippen LogP contribution in [-0.4, -0.2) is 55.6 Å². The summed E-state index contributed by atoms with van der Waals surface area (Å²) in [5.41, 5.74) is 0. The van der Waals surface area contributed by atoms with Crippen molar-refractivity contribution >= 4 is 6.03 Å². The molecule has 0 radical (unpaired) electrons. The molecule has 2 fully saturated rings. The van der Waals surface area contributed by atoms with Crippen molar-refractivity contribution in [3.63, 3.8) is 0 Å². The zero-order valence-electron chi connectivity index (χ0n) is 10.4. The van der Waals surface area contributed by atoms with E-state index in [-0.39, 0.29) is 6.03 Å². The van der Waals surface area contributed by atoms with Gasteiger partial charge in [-0.3, -0.25) is 0 Å². The molecule has 2 unspecified atom stereocenters. The van der Waals surface area contributed by atoms with Gasteiger partial charge in [-0.1, -0.05) is 0 Å². The third kappa shape index (κ3) is 2.32. The van der Waals surface area contributed by atoms with Crippen LogP contribution >= 0.6 is 0 Å². The molecule has 2 heterocycles. The second-order valence-electron chi connectivity index (χ2n) is 5.19. The lowest BCUT2D eigenvalue weighted by molar-refractivity contribution is 0.140. The number of hydrogen-bond acceptors (Lipinski definition) is 2. The summed E-state index contributed by atoms with van der Waals surface area (Å²) in [4.78, 5) is 15.8. The first-order valence-corrected chi connectivity index (χ1v) is 6.39. The van der Waals surface area contributed by atoms with E-state index in [1.807, 2.05) is 14.1 Å². The number of amides is 2. The van der Waals surface area contributed by atoms with Crippen LogP contribution < -0.4 is 5.32 Å².